The first-order valence-electron chi connectivity index (χ1n) is 4.71. The molecule has 0 saturated heterocycles. The minimum Gasteiger partial charge on any atom is -0.0903 e. The second kappa shape index (κ2) is 5.90. The molecule has 12 heavy (non-hydrogen) atoms. The van der Waals surface area contributed by atoms with Crippen molar-refractivity contribution < 1.29 is 0 Å². The summed E-state index contributed by atoms with van der Waals surface area (Å²) in [5.41, 5.74) is 8.33. The lowest BCUT2D eigenvalue weighted by atomic mass is 9.86. The Kier molecular flexibility index (Phi) is 5.56. The van der Waals surface area contributed by atoms with E-state index < -0.39 is 0 Å². The van der Waals surface area contributed by atoms with E-state index in [1.54, 1.807) is 0 Å². The van der Waals surface area contributed by atoms with Crippen molar-refractivity contribution >= 4 is 0 Å². The number of hydrogen-bond acceptors (Lipinski definition) is 1. The van der Waals surface area contributed by atoms with Crippen LogP contribution in [0.4, 0.5) is 0 Å². The van der Waals surface area contributed by atoms with Crippen molar-refractivity contribution in [1.82, 2.24) is 0 Å². The molecule has 0 aliphatic rings. The normalized spacial score (nSPS) is 17.7. The third-order valence-corrected chi connectivity index (χ3v) is 2.77. The van der Waals surface area contributed by atoms with Crippen molar-refractivity contribution in [2.24, 2.45) is 17.0 Å². The Bertz CT molecular complexity index is 161. The molecule has 0 aromatic rings. The molecule has 3 nitrogen and oxygen atoms in total. The van der Waals surface area contributed by atoms with E-state index in [9.17, 15) is 0 Å². The summed E-state index contributed by atoms with van der Waals surface area (Å²) in [6, 6.07) is 0.171. The highest BCUT2D eigenvalue weighted by atomic mass is 15.1. The highest BCUT2D eigenvalue weighted by Gasteiger charge is 2.18. The molecule has 0 aromatic carbocycles. The Hall–Kier alpha value is -0.690. The van der Waals surface area contributed by atoms with Gasteiger partial charge >= 0.3 is 0 Å². The van der Waals surface area contributed by atoms with Gasteiger partial charge in [0.1, 0.15) is 0 Å². The van der Waals surface area contributed by atoms with Crippen molar-refractivity contribution in [3.8, 4) is 0 Å². The van der Waals surface area contributed by atoms with Crippen LogP contribution in [-0.2, 0) is 0 Å². The molecule has 0 fully saturated rings. The maximum absolute atomic E-state index is 8.33. The predicted molar refractivity (Wildman–Crippen MR) is 51.8 cm³/mol. The van der Waals surface area contributed by atoms with Gasteiger partial charge in [-0.1, -0.05) is 39.2 Å². The summed E-state index contributed by atoms with van der Waals surface area (Å²) >= 11 is 0. The Morgan fingerprint density at radius 2 is 1.83 bits per heavy atom. The zero-order valence-corrected chi connectivity index (χ0v) is 8.49. The van der Waals surface area contributed by atoms with E-state index in [1.807, 2.05) is 0 Å². The minimum atomic E-state index is 0.171. The van der Waals surface area contributed by atoms with E-state index in [0.717, 1.165) is 12.8 Å². The smallest absolute Gasteiger partial charge is 0.0399 e. The van der Waals surface area contributed by atoms with E-state index >= 15 is 0 Å². The van der Waals surface area contributed by atoms with Gasteiger partial charge in [0.25, 0.3) is 0 Å². The van der Waals surface area contributed by atoms with Crippen molar-refractivity contribution in [3.63, 3.8) is 0 Å². The van der Waals surface area contributed by atoms with E-state index in [-0.39, 0.29) is 6.04 Å². The molecule has 70 valence electrons. The van der Waals surface area contributed by atoms with Crippen molar-refractivity contribution in [2.45, 2.75) is 46.6 Å². The lowest BCUT2D eigenvalue weighted by Gasteiger charge is -2.23. The van der Waals surface area contributed by atoms with Gasteiger partial charge in [-0.05, 0) is 23.8 Å². The summed E-state index contributed by atoms with van der Waals surface area (Å²) in [5, 5.41) is 3.79. The molecule has 0 heterocycles. The molecule has 0 spiro atoms. The number of azide groups is 1. The summed E-state index contributed by atoms with van der Waals surface area (Å²) < 4.78 is 0. The lowest BCUT2D eigenvalue weighted by Crippen LogP contribution is -2.20. The van der Waals surface area contributed by atoms with Gasteiger partial charge in [-0.2, -0.15) is 0 Å². The van der Waals surface area contributed by atoms with Gasteiger partial charge in [-0.3, -0.25) is 0 Å². The summed E-state index contributed by atoms with van der Waals surface area (Å²) in [5.74, 6) is 1.14. The van der Waals surface area contributed by atoms with Gasteiger partial charge in [-0.15, -0.1) is 0 Å². The average molecular weight is 169 g/mol. The van der Waals surface area contributed by atoms with Crippen LogP contribution in [0.25, 0.3) is 10.4 Å². The Labute approximate surface area is 74.8 Å². The predicted octanol–water partition coefficient (Wildman–Crippen LogP) is 3.76. The maximum atomic E-state index is 8.33. The largest absolute Gasteiger partial charge is 0.0903 e. The van der Waals surface area contributed by atoms with Crippen LogP contribution in [0.15, 0.2) is 5.11 Å². The highest BCUT2D eigenvalue weighted by molar-refractivity contribution is 4.75. The second-order valence-electron chi connectivity index (χ2n) is 3.43. The first-order chi connectivity index (χ1) is 5.67. The third kappa shape index (κ3) is 3.14. The maximum Gasteiger partial charge on any atom is 0.0399 e. The topological polar surface area (TPSA) is 48.8 Å². The molecule has 0 N–H and O–H groups in total. The molecule has 0 amide bonds. The molecule has 0 saturated carbocycles. The van der Waals surface area contributed by atoms with Crippen LogP contribution in [0.1, 0.15) is 40.5 Å². The summed E-state index contributed by atoms with van der Waals surface area (Å²) in [4.78, 5) is 2.87. The molecule has 3 heteroatoms. The summed E-state index contributed by atoms with van der Waals surface area (Å²) in [7, 11) is 0. The van der Waals surface area contributed by atoms with E-state index in [0.29, 0.717) is 11.8 Å². The fourth-order valence-corrected chi connectivity index (χ4v) is 1.38. The van der Waals surface area contributed by atoms with E-state index in [2.05, 4.69) is 37.7 Å². The molecule has 3 atom stereocenters. The van der Waals surface area contributed by atoms with Crippen molar-refractivity contribution in [3.05, 3.63) is 10.4 Å². The van der Waals surface area contributed by atoms with Gasteiger partial charge in [0, 0.05) is 11.0 Å². The number of hydrogen-bond donors (Lipinski definition) is 0. The Balaban J connectivity index is 4.19. The van der Waals surface area contributed by atoms with Gasteiger partial charge < -0.3 is 0 Å². The zero-order valence-electron chi connectivity index (χ0n) is 8.49. The van der Waals surface area contributed by atoms with Crippen molar-refractivity contribution in [2.75, 3.05) is 0 Å². The second-order valence-corrected chi connectivity index (χ2v) is 3.43. The molecule has 0 bridgehead atoms. The molecule has 0 aliphatic heterocycles. The number of nitrogens with zero attached hydrogens (tertiary/aromatic N) is 3. The monoisotopic (exact) mass is 169 g/mol. The lowest BCUT2D eigenvalue weighted by molar-refractivity contribution is 0.311. The standard InChI is InChI=1S/C9H19N3/c1-5-7(3)8(4)9(6-2)11-12-10/h7-9H,5-6H2,1-4H3/t7-,8-,9?/m1/s1. The summed E-state index contributed by atoms with van der Waals surface area (Å²) in [6.45, 7) is 8.61. The first kappa shape index (κ1) is 11.3. The number of rotatable bonds is 5. The molecule has 0 aromatic heterocycles. The van der Waals surface area contributed by atoms with Crippen molar-refractivity contribution in [1.29, 1.82) is 0 Å². The molecule has 1 unspecified atom stereocenters. The molecule has 0 radical (unpaired) electrons. The molecular formula is C9H19N3. The third-order valence-electron chi connectivity index (χ3n) is 2.77. The average Bonchev–Trinajstić information content (AvgIpc) is 2.11. The molecule has 0 rings (SSSR count). The first-order valence-corrected chi connectivity index (χ1v) is 4.71. The van der Waals surface area contributed by atoms with Crippen LogP contribution in [0, 0.1) is 11.8 Å². The van der Waals surface area contributed by atoms with Crippen LogP contribution < -0.4 is 0 Å². The van der Waals surface area contributed by atoms with Crippen LogP contribution in [0.2, 0.25) is 0 Å². The quantitative estimate of drug-likeness (QED) is 0.342. The molecular weight excluding hydrogens is 150 g/mol. The summed E-state index contributed by atoms with van der Waals surface area (Å²) in [6.07, 6.45) is 2.09. The van der Waals surface area contributed by atoms with Crippen LogP contribution >= 0.6 is 0 Å². The van der Waals surface area contributed by atoms with Gasteiger partial charge in [0.15, 0.2) is 0 Å². The van der Waals surface area contributed by atoms with Gasteiger partial charge in [0.05, 0.1) is 0 Å². The minimum absolute atomic E-state index is 0.171. The van der Waals surface area contributed by atoms with Gasteiger partial charge in [0.2, 0.25) is 0 Å². The van der Waals surface area contributed by atoms with Crippen LogP contribution in [0.3, 0.4) is 0 Å². The highest BCUT2D eigenvalue weighted by Crippen LogP contribution is 2.22. The van der Waals surface area contributed by atoms with Crippen LogP contribution in [-0.4, -0.2) is 6.04 Å². The van der Waals surface area contributed by atoms with Gasteiger partial charge in [-0.25, -0.2) is 0 Å². The SMILES string of the molecule is CCC(N=[N+]=[N-])[C@H](C)[C@H](C)CC. The Morgan fingerprint density at radius 3 is 2.17 bits per heavy atom. The molecule has 0 aliphatic carbocycles. The Morgan fingerprint density at radius 1 is 1.25 bits per heavy atom. The fraction of sp³-hybridized carbons (Fsp3) is 1.00. The zero-order chi connectivity index (χ0) is 9.56. The van der Waals surface area contributed by atoms with E-state index in [1.165, 1.54) is 0 Å². The fourth-order valence-electron chi connectivity index (χ4n) is 1.38. The van der Waals surface area contributed by atoms with Crippen LogP contribution in [0.5, 0.6) is 0 Å². The van der Waals surface area contributed by atoms with E-state index in [4.69, 9.17) is 5.53 Å².